The highest BCUT2D eigenvalue weighted by Gasteiger charge is 2.41. The highest BCUT2D eigenvalue weighted by Crippen LogP contribution is 2.56. The smallest absolute Gasteiger partial charge is 0.131 e. The Labute approximate surface area is 595 Å². The molecule has 4 saturated carbocycles. The van der Waals surface area contributed by atoms with Crippen LogP contribution < -0.4 is 18.9 Å². The number of rotatable bonds is 16. The van der Waals surface area contributed by atoms with Gasteiger partial charge in [0.05, 0.1) is 53.4 Å². The van der Waals surface area contributed by atoms with Crippen molar-refractivity contribution in [1.82, 2.24) is 0 Å². The summed E-state index contributed by atoms with van der Waals surface area (Å²) < 4.78 is 137. The molecule has 8 aromatic carbocycles. The number of halogens is 10. The molecule has 0 spiro atoms. The van der Waals surface area contributed by atoms with E-state index in [0.29, 0.717) is 78.6 Å². The predicted molar refractivity (Wildman–Crippen MR) is 386 cm³/mol. The quantitative estimate of drug-likeness (QED) is 0.0741. The van der Waals surface area contributed by atoms with E-state index in [1.54, 1.807) is 60.7 Å². The zero-order valence-electron chi connectivity index (χ0n) is 59.5. The summed E-state index contributed by atoms with van der Waals surface area (Å²) in [6, 6.07) is 30.8. The molecule has 0 aliphatic heterocycles. The van der Waals surface area contributed by atoms with Crippen LogP contribution >= 0.6 is 23.2 Å². The molecular formula is C84H94Cl2F8O6. The molecule has 2 N–H and O–H groups in total. The van der Waals surface area contributed by atoms with Crippen LogP contribution in [0, 0.1) is 68.2 Å². The summed E-state index contributed by atoms with van der Waals surface area (Å²) in [6.07, 6.45) is 12.7. The van der Waals surface area contributed by atoms with Gasteiger partial charge in [-0.25, -0.2) is 35.1 Å². The SMILES string of the molecule is COc1ccc(F)c(-c2cc(F)c(CCl)cc2[C@@H]2CCCC2(C)C)c1.COc1ccc(F)c(-c2cc(F)c(CCl)cc2[C@H]2CCCC2(C)C)c1.COc1ccc(F)c(-c2cc(F)c(CO)cc2[C@@H]2CCCC2(C)C)c1.COc1ccc(F)c(-c2cc(F)c(CO)cc2[C@H]2CCCC2(C)C)c1. The molecule has 536 valence electrons. The monoisotopic (exact) mass is 1420 g/mol. The molecule has 100 heavy (non-hydrogen) atoms. The third-order valence-electron chi connectivity index (χ3n) is 21.9. The second-order valence-corrected chi connectivity index (χ2v) is 30.4. The Balaban J connectivity index is 0.000000156. The van der Waals surface area contributed by atoms with E-state index in [9.17, 15) is 45.3 Å². The molecule has 8 aromatic rings. The van der Waals surface area contributed by atoms with Gasteiger partial charge in [-0.1, -0.05) is 93.2 Å². The van der Waals surface area contributed by atoms with E-state index < -0.39 is 34.9 Å². The predicted octanol–water partition coefficient (Wildman–Crippen LogP) is 24.2. The molecule has 0 saturated heterocycles. The van der Waals surface area contributed by atoms with Crippen LogP contribution in [0.4, 0.5) is 35.1 Å². The zero-order valence-corrected chi connectivity index (χ0v) is 61.0. The number of ether oxygens (including phenoxy) is 4. The maximum atomic E-state index is 14.6. The molecule has 6 nitrogen and oxygen atoms in total. The van der Waals surface area contributed by atoms with E-state index in [1.165, 1.54) is 77.0 Å². The van der Waals surface area contributed by atoms with Crippen molar-refractivity contribution in [2.24, 2.45) is 21.7 Å². The molecular weight excluding hydrogens is 1330 g/mol. The lowest BCUT2D eigenvalue weighted by Gasteiger charge is -2.30. The van der Waals surface area contributed by atoms with Gasteiger partial charge in [-0.05, 0) is 250 Å². The maximum Gasteiger partial charge on any atom is 0.131 e. The third-order valence-corrected chi connectivity index (χ3v) is 22.5. The van der Waals surface area contributed by atoms with Gasteiger partial charge in [-0.2, -0.15) is 0 Å². The van der Waals surface area contributed by atoms with E-state index in [0.717, 1.165) is 99.3 Å². The summed E-state index contributed by atoms with van der Waals surface area (Å²) in [5.41, 5.74) is 9.18. The van der Waals surface area contributed by atoms with Crippen molar-refractivity contribution in [3.63, 3.8) is 0 Å². The number of aliphatic hydroxyl groups is 2. The molecule has 4 fully saturated rings. The second-order valence-electron chi connectivity index (χ2n) is 29.8. The molecule has 4 aliphatic rings. The third kappa shape index (κ3) is 16.8. The van der Waals surface area contributed by atoms with Crippen molar-refractivity contribution >= 4 is 23.2 Å². The number of alkyl halides is 2. The number of hydrogen-bond acceptors (Lipinski definition) is 6. The van der Waals surface area contributed by atoms with Crippen molar-refractivity contribution in [3.8, 4) is 67.5 Å². The maximum absolute atomic E-state index is 14.6. The van der Waals surface area contributed by atoms with E-state index in [4.69, 9.17) is 42.1 Å². The first-order valence-electron chi connectivity index (χ1n) is 34.5. The fourth-order valence-corrected chi connectivity index (χ4v) is 16.5. The van der Waals surface area contributed by atoms with Crippen LogP contribution in [0.3, 0.4) is 0 Å². The Morgan fingerprint density at radius 1 is 0.310 bits per heavy atom. The number of benzene rings is 8. The number of methoxy groups -OCH3 is 4. The minimum Gasteiger partial charge on any atom is -0.497 e. The van der Waals surface area contributed by atoms with E-state index >= 15 is 0 Å². The first-order valence-corrected chi connectivity index (χ1v) is 35.5. The van der Waals surface area contributed by atoms with Gasteiger partial charge in [0, 0.05) is 44.5 Å². The molecule has 4 aliphatic carbocycles. The lowest BCUT2D eigenvalue weighted by molar-refractivity contribution is 0.274. The summed E-state index contributed by atoms with van der Waals surface area (Å²) in [4.78, 5) is 0. The van der Waals surface area contributed by atoms with Crippen LogP contribution in [0.25, 0.3) is 44.5 Å². The van der Waals surface area contributed by atoms with Gasteiger partial charge in [0.15, 0.2) is 0 Å². The zero-order chi connectivity index (χ0) is 72.8. The fourth-order valence-electron chi connectivity index (χ4n) is 16.0. The largest absolute Gasteiger partial charge is 0.497 e. The van der Waals surface area contributed by atoms with Crippen molar-refractivity contribution in [1.29, 1.82) is 0 Å². The minimum atomic E-state index is -0.515. The average Bonchev–Trinajstić information content (AvgIpc) is 1.11. The van der Waals surface area contributed by atoms with Gasteiger partial charge >= 0.3 is 0 Å². The highest BCUT2D eigenvalue weighted by atomic mass is 35.5. The lowest BCUT2D eigenvalue weighted by Crippen LogP contribution is -2.17. The average molecular weight is 1420 g/mol. The molecule has 0 amide bonds. The van der Waals surface area contributed by atoms with Crippen LogP contribution in [-0.4, -0.2) is 38.7 Å². The summed E-state index contributed by atoms with van der Waals surface area (Å²) in [6.45, 7) is 16.9. The Morgan fingerprint density at radius 2 is 0.520 bits per heavy atom. The molecule has 4 atom stereocenters. The van der Waals surface area contributed by atoms with Crippen molar-refractivity contribution in [2.45, 2.75) is 181 Å². The Kier molecular flexibility index (Phi) is 25.0. The Bertz CT molecular complexity index is 3670. The van der Waals surface area contributed by atoms with E-state index in [2.05, 4.69) is 55.4 Å². The van der Waals surface area contributed by atoms with Crippen molar-refractivity contribution in [2.75, 3.05) is 28.4 Å². The fraction of sp³-hybridized carbons (Fsp3) is 0.429. The van der Waals surface area contributed by atoms with E-state index in [1.807, 2.05) is 12.1 Å². The molecule has 0 unspecified atom stereocenters. The highest BCUT2D eigenvalue weighted by molar-refractivity contribution is 6.17. The molecule has 0 heterocycles. The minimum absolute atomic E-state index is 0.0502. The summed E-state index contributed by atoms with van der Waals surface area (Å²) in [5, 5.41) is 19.0. The summed E-state index contributed by atoms with van der Waals surface area (Å²) in [5.74, 6) is -0.153. The van der Waals surface area contributed by atoms with Crippen LogP contribution in [0.1, 0.15) is 201 Å². The second kappa shape index (κ2) is 32.5. The van der Waals surface area contributed by atoms with Gasteiger partial charge in [-0.15, -0.1) is 23.2 Å². The van der Waals surface area contributed by atoms with Gasteiger partial charge < -0.3 is 29.2 Å². The molecule has 0 radical (unpaired) electrons. The number of hydrogen-bond donors (Lipinski definition) is 2. The number of aliphatic hydroxyl groups excluding tert-OH is 2. The lowest BCUT2D eigenvalue weighted by atomic mass is 9.75. The van der Waals surface area contributed by atoms with Crippen molar-refractivity contribution < 1.29 is 64.3 Å². The summed E-state index contributed by atoms with van der Waals surface area (Å²) >= 11 is 11.9. The molecule has 16 heteroatoms. The van der Waals surface area contributed by atoms with E-state index in [-0.39, 0.29) is 93.1 Å². The molecule has 12 rings (SSSR count). The Morgan fingerprint density at radius 3 is 0.700 bits per heavy atom. The van der Waals surface area contributed by atoms with Gasteiger partial charge in [0.2, 0.25) is 0 Å². The van der Waals surface area contributed by atoms with Crippen LogP contribution in [0.2, 0.25) is 0 Å². The standard InChI is InChI=1S/2C21H23ClF2O.2C21H24F2O2/c2*1-21(2)8-4-5-18(21)16-9-13(12-22)20(24)11-15(16)17-10-14(25-3)6-7-19(17)23;2*1-21(2)8-4-5-18(21)16-9-13(12-24)20(23)11-15(16)17-10-14(25-3)6-7-19(17)22/h2*6-7,9-11,18H,4-5,8,12H2,1-3H3;2*6-7,9-11,18,24H,4-5,8,12H2,1-3H3/t4*18-/m1010/s1. The summed E-state index contributed by atoms with van der Waals surface area (Å²) in [7, 11) is 6.12. The first kappa shape index (κ1) is 77.1. The Hall–Kier alpha value is -7.10. The molecule has 0 aromatic heterocycles. The van der Waals surface area contributed by atoms with Gasteiger partial charge in [0.25, 0.3) is 0 Å². The first-order chi connectivity index (χ1) is 47.5. The normalized spacial score (nSPS) is 19.2. The van der Waals surface area contributed by atoms with Crippen LogP contribution in [0.15, 0.2) is 121 Å². The van der Waals surface area contributed by atoms with Gasteiger partial charge in [0.1, 0.15) is 69.5 Å². The van der Waals surface area contributed by atoms with Crippen molar-refractivity contribution in [3.05, 3.63) is 212 Å². The van der Waals surface area contributed by atoms with Crippen LogP contribution in [0.5, 0.6) is 23.0 Å². The molecule has 0 bridgehead atoms. The van der Waals surface area contributed by atoms with Gasteiger partial charge in [-0.3, -0.25) is 0 Å². The topological polar surface area (TPSA) is 77.4 Å². The van der Waals surface area contributed by atoms with Crippen LogP contribution in [-0.2, 0) is 25.0 Å².